The summed E-state index contributed by atoms with van der Waals surface area (Å²) < 4.78 is 43.6. The Labute approximate surface area is 95.5 Å². The Kier molecular flexibility index (Phi) is 4.14. The minimum absolute atomic E-state index is 0.312. The zero-order chi connectivity index (χ0) is 12.9. The molecule has 0 aliphatic rings. The topological polar surface area (TPSA) is 35.5 Å². The van der Waals surface area contributed by atoms with Crippen LogP contribution in [0.5, 0.6) is 5.75 Å². The van der Waals surface area contributed by atoms with Crippen molar-refractivity contribution < 1.29 is 27.4 Å². The molecule has 0 heterocycles. The molecule has 0 bridgehead atoms. The lowest BCUT2D eigenvalue weighted by Crippen LogP contribution is -2.16. The lowest BCUT2D eigenvalue weighted by molar-refractivity contribution is -0.274. The zero-order valence-electron chi connectivity index (χ0n) is 8.82. The van der Waals surface area contributed by atoms with Crippen molar-refractivity contribution in [3.8, 4) is 5.75 Å². The number of ether oxygens (including phenoxy) is 2. The lowest BCUT2D eigenvalue weighted by atomic mass is 10.2. The fourth-order valence-electron chi connectivity index (χ4n) is 1.01. The molecule has 0 aliphatic heterocycles. The van der Waals surface area contributed by atoms with Gasteiger partial charge in [0.1, 0.15) is 5.75 Å². The first-order valence-electron chi connectivity index (χ1n) is 4.52. The van der Waals surface area contributed by atoms with E-state index in [1.165, 1.54) is 31.4 Å². The molecule has 6 heteroatoms. The van der Waals surface area contributed by atoms with Gasteiger partial charge >= 0.3 is 12.3 Å². The van der Waals surface area contributed by atoms with Gasteiger partial charge in [-0.15, -0.1) is 13.2 Å². The molecule has 92 valence electrons. The summed E-state index contributed by atoms with van der Waals surface area (Å²) in [7, 11) is 1.23. The second kappa shape index (κ2) is 5.38. The molecule has 1 aromatic rings. The van der Waals surface area contributed by atoms with Crippen molar-refractivity contribution >= 4 is 12.0 Å². The predicted molar refractivity (Wildman–Crippen MR) is 54.2 cm³/mol. The molecule has 17 heavy (non-hydrogen) atoms. The van der Waals surface area contributed by atoms with E-state index in [4.69, 9.17) is 0 Å². The van der Waals surface area contributed by atoms with E-state index in [1.807, 2.05) is 0 Å². The van der Waals surface area contributed by atoms with Crippen molar-refractivity contribution in [2.24, 2.45) is 0 Å². The Bertz CT molecular complexity index is 407. The van der Waals surface area contributed by atoms with Crippen molar-refractivity contribution in [1.82, 2.24) is 0 Å². The average molecular weight is 246 g/mol. The van der Waals surface area contributed by atoms with Crippen molar-refractivity contribution in [1.29, 1.82) is 0 Å². The van der Waals surface area contributed by atoms with Crippen LogP contribution < -0.4 is 4.74 Å². The summed E-state index contributed by atoms with van der Waals surface area (Å²) in [6, 6.07) is 5.09. The molecule has 0 atom stereocenters. The summed E-state index contributed by atoms with van der Waals surface area (Å²) in [5.41, 5.74) is 0.560. The van der Waals surface area contributed by atoms with Crippen LogP contribution in [0, 0.1) is 0 Å². The summed E-state index contributed by atoms with van der Waals surface area (Å²) in [5, 5.41) is 0. The number of esters is 1. The average Bonchev–Trinajstić information content (AvgIpc) is 2.25. The molecule has 0 saturated carbocycles. The maximum atomic E-state index is 11.8. The van der Waals surface area contributed by atoms with Crippen LogP contribution in [-0.4, -0.2) is 19.4 Å². The number of carbonyl (C=O) groups excluding carboxylic acids is 1. The maximum Gasteiger partial charge on any atom is 0.573 e. The van der Waals surface area contributed by atoms with Gasteiger partial charge in [-0.05, 0) is 23.8 Å². The highest BCUT2D eigenvalue weighted by Crippen LogP contribution is 2.22. The third-order valence-corrected chi connectivity index (χ3v) is 1.73. The van der Waals surface area contributed by atoms with Gasteiger partial charge in [0.25, 0.3) is 0 Å². The van der Waals surface area contributed by atoms with Gasteiger partial charge in [0.05, 0.1) is 7.11 Å². The second-order valence-electron chi connectivity index (χ2n) is 2.97. The van der Waals surface area contributed by atoms with Gasteiger partial charge in [0.15, 0.2) is 0 Å². The Balaban J connectivity index is 2.68. The molecule has 0 radical (unpaired) electrons. The molecule has 1 rings (SSSR count). The highest BCUT2D eigenvalue weighted by atomic mass is 19.4. The van der Waals surface area contributed by atoms with Crippen LogP contribution in [0.3, 0.4) is 0 Å². The van der Waals surface area contributed by atoms with E-state index in [9.17, 15) is 18.0 Å². The number of halogens is 3. The van der Waals surface area contributed by atoms with Crippen LogP contribution >= 0.6 is 0 Å². The third-order valence-electron chi connectivity index (χ3n) is 1.73. The summed E-state index contributed by atoms with van der Waals surface area (Å²) in [6.07, 6.45) is -2.12. The first-order valence-corrected chi connectivity index (χ1v) is 4.52. The minimum Gasteiger partial charge on any atom is -0.466 e. The Morgan fingerprint density at radius 1 is 1.24 bits per heavy atom. The quantitative estimate of drug-likeness (QED) is 0.607. The molecule has 0 amide bonds. The van der Waals surface area contributed by atoms with Crippen LogP contribution in [0.25, 0.3) is 6.08 Å². The zero-order valence-corrected chi connectivity index (χ0v) is 8.82. The molecule has 0 aliphatic carbocycles. The number of hydrogen-bond acceptors (Lipinski definition) is 3. The van der Waals surface area contributed by atoms with Crippen molar-refractivity contribution in [2.75, 3.05) is 7.11 Å². The van der Waals surface area contributed by atoms with Gasteiger partial charge in [-0.25, -0.2) is 4.79 Å². The molecule has 0 N–H and O–H groups in total. The minimum atomic E-state index is -4.70. The van der Waals surface area contributed by atoms with Crippen LogP contribution in [0.4, 0.5) is 13.2 Å². The van der Waals surface area contributed by atoms with Crippen LogP contribution in [0.1, 0.15) is 5.56 Å². The smallest absolute Gasteiger partial charge is 0.466 e. The summed E-state index contributed by atoms with van der Waals surface area (Å²) >= 11 is 0. The normalized spacial score (nSPS) is 11.5. The number of alkyl halides is 3. The third kappa shape index (κ3) is 5.05. The molecule has 0 spiro atoms. The highest BCUT2D eigenvalue weighted by molar-refractivity contribution is 5.86. The molecule has 0 fully saturated rings. The van der Waals surface area contributed by atoms with Crippen LogP contribution in [0.2, 0.25) is 0 Å². The fourth-order valence-corrected chi connectivity index (χ4v) is 1.01. The standard InChI is InChI=1S/C11H9F3O3/c1-16-10(15)7-4-8-2-5-9(6-3-8)17-11(12,13)14/h2-7H,1H3. The first-order chi connectivity index (χ1) is 7.90. The van der Waals surface area contributed by atoms with Crippen molar-refractivity contribution in [3.05, 3.63) is 35.9 Å². The largest absolute Gasteiger partial charge is 0.573 e. The van der Waals surface area contributed by atoms with Gasteiger partial charge in [0.2, 0.25) is 0 Å². The fraction of sp³-hybridized carbons (Fsp3) is 0.182. The number of benzene rings is 1. The molecule has 0 saturated heterocycles. The monoisotopic (exact) mass is 246 g/mol. The number of hydrogen-bond donors (Lipinski definition) is 0. The Hall–Kier alpha value is -1.98. The summed E-state index contributed by atoms with van der Waals surface area (Å²) in [5.74, 6) is -0.853. The molecular formula is C11H9F3O3. The van der Waals surface area contributed by atoms with Crippen LogP contribution in [0.15, 0.2) is 30.3 Å². The van der Waals surface area contributed by atoms with E-state index in [2.05, 4.69) is 9.47 Å². The van der Waals surface area contributed by atoms with Gasteiger partial charge in [-0.2, -0.15) is 0 Å². The van der Waals surface area contributed by atoms with Gasteiger partial charge < -0.3 is 9.47 Å². The van der Waals surface area contributed by atoms with Crippen molar-refractivity contribution in [3.63, 3.8) is 0 Å². The van der Waals surface area contributed by atoms with Gasteiger partial charge in [-0.1, -0.05) is 12.1 Å². The van der Waals surface area contributed by atoms with E-state index in [1.54, 1.807) is 0 Å². The van der Waals surface area contributed by atoms with E-state index in [-0.39, 0.29) is 5.75 Å². The molecule has 3 nitrogen and oxygen atoms in total. The second-order valence-corrected chi connectivity index (χ2v) is 2.97. The molecular weight excluding hydrogens is 237 g/mol. The van der Waals surface area contributed by atoms with E-state index < -0.39 is 12.3 Å². The summed E-state index contributed by atoms with van der Waals surface area (Å²) in [4.78, 5) is 10.8. The molecule has 0 aromatic heterocycles. The van der Waals surface area contributed by atoms with E-state index in [0.717, 1.165) is 12.1 Å². The SMILES string of the molecule is COC(=O)C=Cc1ccc(OC(F)(F)F)cc1. The Morgan fingerprint density at radius 2 is 1.82 bits per heavy atom. The van der Waals surface area contributed by atoms with E-state index >= 15 is 0 Å². The number of carbonyl (C=O) groups is 1. The van der Waals surface area contributed by atoms with Crippen molar-refractivity contribution in [2.45, 2.75) is 6.36 Å². The summed E-state index contributed by atoms with van der Waals surface area (Å²) in [6.45, 7) is 0. The van der Waals surface area contributed by atoms with E-state index in [0.29, 0.717) is 5.56 Å². The van der Waals surface area contributed by atoms with Gasteiger partial charge in [-0.3, -0.25) is 0 Å². The first kappa shape index (κ1) is 13.1. The highest BCUT2D eigenvalue weighted by Gasteiger charge is 2.30. The Morgan fingerprint density at radius 3 is 2.29 bits per heavy atom. The lowest BCUT2D eigenvalue weighted by Gasteiger charge is -2.08. The predicted octanol–water partition coefficient (Wildman–Crippen LogP) is 2.77. The molecule has 0 unspecified atom stereocenters. The molecule has 1 aromatic carbocycles. The number of methoxy groups -OCH3 is 1. The van der Waals surface area contributed by atoms with Crippen LogP contribution in [-0.2, 0) is 9.53 Å². The number of rotatable bonds is 3. The maximum absolute atomic E-state index is 11.8. The van der Waals surface area contributed by atoms with Gasteiger partial charge in [0, 0.05) is 6.08 Å².